The highest BCUT2D eigenvalue weighted by Crippen LogP contribution is 2.11. The Labute approximate surface area is 138 Å². The minimum atomic E-state index is -3.04. The minimum absolute atomic E-state index is 0. The maximum atomic E-state index is 12.0. The highest BCUT2D eigenvalue weighted by Gasteiger charge is 2.20. The third-order valence-corrected chi connectivity index (χ3v) is 4.41. The molecule has 2 N–H and O–H groups in total. The van der Waals surface area contributed by atoms with Crippen LogP contribution >= 0.6 is 12.4 Å². The van der Waals surface area contributed by atoms with Crippen LogP contribution in [0.25, 0.3) is 0 Å². The molecule has 1 aromatic carbocycles. The Kier molecular flexibility index (Phi) is 7.32. The molecule has 2 rings (SSSR count). The van der Waals surface area contributed by atoms with Gasteiger partial charge in [0.1, 0.15) is 0 Å². The van der Waals surface area contributed by atoms with Gasteiger partial charge in [-0.3, -0.25) is 4.79 Å². The van der Waals surface area contributed by atoms with Gasteiger partial charge in [-0.2, -0.15) is 0 Å². The lowest BCUT2D eigenvalue weighted by atomic mass is 9.99. The molecule has 1 aliphatic heterocycles. The van der Waals surface area contributed by atoms with Gasteiger partial charge in [-0.05, 0) is 30.5 Å². The highest BCUT2D eigenvalue weighted by molar-refractivity contribution is 7.89. The SMILES string of the molecule is CS(=O)(=O)Cc1cccc(CNC(=O)C2CCCNC2)c1.Cl. The summed E-state index contributed by atoms with van der Waals surface area (Å²) in [4.78, 5) is 12.0. The first-order valence-corrected chi connectivity index (χ1v) is 9.24. The Bertz CT molecular complexity index is 599. The molecule has 1 aliphatic rings. The molecular weight excluding hydrogens is 324 g/mol. The van der Waals surface area contributed by atoms with Crippen molar-refractivity contribution in [3.8, 4) is 0 Å². The number of hydrogen-bond donors (Lipinski definition) is 2. The molecule has 0 bridgehead atoms. The second kappa shape index (κ2) is 8.50. The van der Waals surface area contributed by atoms with Crippen molar-refractivity contribution in [1.82, 2.24) is 10.6 Å². The van der Waals surface area contributed by atoms with Gasteiger partial charge in [0.15, 0.2) is 9.84 Å². The topological polar surface area (TPSA) is 75.3 Å². The predicted octanol–water partition coefficient (Wildman–Crippen LogP) is 1.27. The molecule has 0 spiro atoms. The van der Waals surface area contributed by atoms with Crippen LogP contribution in [0, 0.1) is 5.92 Å². The molecule has 1 aromatic rings. The van der Waals surface area contributed by atoms with Crippen molar-refractivity contribution in [2.45, 2.75) is 25.1 Å². The lowest BCUT2D eigenvalue weighted by Gasteiger charge is -2.21. The molecule has 1 atom stereocenters. The monoisotopic (exact) mass is 346 g/mol. The summed E-state index contributed by atoms with van der Waals surface area (Å²) in [6.45, 7) is 2.16. The average Bonchev–Trinajstić information content (AvgIpc) is 2.44. The fourth-order valence-corrected chi connectivity index (χ4v) is 3.33. The van der Waals surface area contributed by atoms with Gasteiger partial charge >= 0.3 is 0 Å². The van der Waals surface area contributed by atoms with Gasteiger partial charge in [-0.15, -0.1) is 12.4 Å². The third kappa shape index (κ3) is 6.34. The molecule has 0 radical (unpaired) electrons. The molecule has 0 saturated carbocycles. The van der Waals surface area contributed by atoms with Crippen LogP contribution in [-0.2, 0) is 26.9 Å². The van der Waals surface area contributed by atoms with Crippen molar-refractivity contribution in [1.29, 1.82) is 0 Å². The van der Waals surface area contributed by atoms with E-state index in [9.17, 15) is 13.2 Å². The van der Waals surface area contributed by atoms with Gasteiger partial charge < -0.3 is 10.6 Å². The van der Waals surface area contributed by atoms with Crippen LogP contribution in [0.4, 0.5) is 0 Å². The second-order valence-electron chi connectivity index (χ2n) is 5.65. The maximum Gasteiger partial charge on any atom is 0.224 e. The van der Waals surface area contributed by atoms with Crippen LogP contribution in [0.2, 0.25) is 0 Å². The zero-order valence-electron chi connectivity index (χ0n) is 12.7. The minimum Gasteiger partial charge on any atom is -0.352 e. The fourth-order valence-electron chi connectivity index (χ4n) is 2.54. The number of nitrogens with one attached hydrogen (secondary N) is 2. The van der Waals surface area contributed by atoms with Crippen LogP contribution in [-0.4, -0.2) is 33.7 Å². The summed E-state index contributed by atoms with van der Waals surface area (Å²) in [6.07, 6.45) is 3.17. The second-order valence-corrected chi connectivity index (χ2v) is 7.79. The van der Waals surface area contributed by atoms with Gasteiger partial charge in [0.25, 0.3) is 0 Å². The van der Waals surface area contributed by atoms with E-state index in [0.717, 1.165) is 37.1 Å². The van der Waals surface area contributed by atoms with E-state index in [2.05, 4.69) is 10.6 Å². The molecule has 1 unspecified atom stereocenters. The summed E-state index contributed by atoms with van der Waals surface area (Å²) in [5, 5.41) is 6.15. The number of halogens is 1. The Morgan fingerprint density at radius 1 is 1.36 bits per heavy atom. The van der Waals surface area contributed by atoms with E-state index in [4.69, 9.17) is 0 Å². The summed E-state index contributed by atoms with van der Waals surface area (Å²) in [6, 6.07) is 7.34. The number of sulfone groups is 1. The molecule has 1 saturated heterocycles. The first kappa shape index (κ1) is 18.9. The summed E-state index contributed by atoms with van der Waals surface area (Å²) >= 11 is 0. The van der Waals surface area contributed by atoms with E-state index in [-0.39, 0.29) is 30.0 Å². The Hall–Kier alpha value is -1.11. The Morgan fingerprint density at radius 3 is 2.73 bits per heavy atom. The summed E-state index contributed by atoms with van der Waals surface area (Å²) in [5.74, 6) is 0.134. The van der Waals surface area contributed by atoms with E-state index < -0.39 is 9.84 Å². The van der Waals surface area contributed by atoms with E-state index in [1.807, 2.05) is 18.2 Å². The predicted molar refractivity (Wildman–Crippen MR) is 89.7 cm³/mol. The number of hydrogen-bond acceptors (Lipinski definition) is 4. The highest BCUT2D eigenvalue weighted by atomic mass is 35.5. The zero-order chi connectivity index (χ0) is 15.3. The molecule has 1 amide bonds. The summed E-state index contributed by atoms with van der Waals surface area (Å²) in [7, 11) is -3.04. The summed E-state index contributed by atoms with van der Waals surface area (Å²) < 4.78 is 22.6. The van der Waals surface area contributed by atoms with E-state index in [1.54, 1.807) is 6.07 Å². The van der Waals surface area contributed by atoms with Crippen molar-refractivity contribution < 1.29 is 13.2 Å². The molecule has 7 heteroatoms. The number of carbonyl (C=O) groups is 1. The van der Waals surface area contributed by atoms with Gasteiger partial charge in [0.2, 0.25) is 5.91 Å². The molecule has 0 aromatic heterocycles. The van der Waals surface area contributed by atoms with Crippen LogP contribution in [0.1, 0.15) is 24.0 Å². The van der Waals surface area contributed by atoms with Crippen LogP contribution in [0.3, 0.4) is 0 Å². The lowest BCUT2D eigenvalue weighted by Crippen LogP contribution is -2.40. The molecule has 0 aliphatic carbocycles. The van der Waals surface area contributed by atoms with Gasteiger partial charge in [0, 0.05) is 19.3 Å². The van der Waals surface area contributed by atoms with Crippen molar-refractivity contribution in [2.24, 2.45) is 5.92 Å². The normalized spacial score (nSPS) is 18.3. The van der Waals surface area contributed by atoms with E-state index in [0.29, 0.717) is 6.54 Å². The Morgan fingerprint density at radius 2 is 2.09 bits per heavy atom. The molecule has 1 fully saturated rings. The van der Waals surface area contributed by atoms with E-state index in [1.165, 1.54) is 6.26 Å². The lowest BCUT2D eigenvalue weighted by molar-refractivity contribution is -0.125. The van der Waals surface area contributed by atoms with Gasteiger partial charge in [-0.25, -0.2) is 8.42 Å². The van der Waals surface area contributed by atoms with Crippen molar-refractivity contribution in [3.63, 3.8) is 0 Å². The van der Waals surface area contributed by atoms with Crippen LogP contribution in [0.15, 0.2) is 24.3 Å². The van der Waals surface area contributed by atoms with Gasteiger partial charge in [-0.1, -0.05) is 24.3 Å². The summed E-state index contributed by atoms with van der Waals surface area (Å²) in [5.41, 5.74) is 1.68. The van der Waals surface area contributed by atoms with Crippen LogP contribution in [0.5, 0.6) is 0 Å². The largest absolute Gasteiger partial charge is 0.352 e. The quantitative estimate of drug-likeness (QED) is 0.842. The molecule has 22 heavy (non-hydrogen) atoms. The number of rotatable bonds is 5. The van der Waals surface area contributed by atoms with Crippen molar-refractivity contribution in [3.05, 3.63) is 35.4 Å². The van der Waals surface area contributed by atoms with Crippen molar-refractivity contribution in [2.75, 3.05) is 19.3 Å². The van der Waals surface area contributed by atoms with E-state index >= 15 is 0 Å². The van der Waals surface area contributed by atoms with Gasteiger partial charge in [0.05, 0.1) is 11.7 Å². The molecule has 5 nitrogen and oxygen atoms in total. The standard InChI is InChI=1S/C15H22N2O3S.ClH/c1-21(19,20)11-13-5-2-4-12(8-13)9-17-15(18)14-6-3-7-16-10-14;/h2,4-5,8,14,16H,3,6-7,9-11H2,1H3,(H,17,18);1H. The molecule has 1 heterocycles. The number of amides is 1. The Balaban J connectivity index is 0.00000242. The molecule has 124 valence electrons. The number of piperidine rings is 1. The maximum absolute atomic E-state index is 12.0. The molecular formula is C15H23ClN2O3S. The number of benzene rings is 1. The number of carbonyl (C=O) groups excluding carboxylic acids is 1. The fraction of sp³-hybridized carbons (Fsp3) is 0.533. The average molecular weight is 347 g/mol. The zero-order valence-corrected chi connectivity index (χ0v) is 14.3. The third-order valence-electron chi connectivity index (χ3n) is 3.55. The van der Waals surface area contributed by atoms with Crippen molar-refractivity contribution >= 4 is 28.2 Å². The first-order chi connectivity index (χ1) is 9.94. The van der Waals surface area contributed by atoms with Crippen LogP contribution < -0.4 is 10.6 Å². The smallest absolute Gasteiger partial charge is 0.224 e. The first-order valence-electron chi connectivity index (χ1n) is 7.18.